The highest BCUT2D eigenvalue weighted by atomic mass is 19.1. The van der Waals surface area contributed by atoms with Gasteiger partial charge in [0.1, 0.15) is 12.4 Å². The molecule has 1 saturated heterocycles. The minimum Gasteiger partial charge on any atom is -0.390 e. The normalized spacial score (nSPS) is 54.0. The fourth-order valence-electron chi connectivity index (χ4n) is 5.62. The lowest BCUT2D eigenvalue weighted by molar-refractivity contribution is -0.0180. The van der Waals surface area contributed by atoms with Crippen LogP contribution in [-0.4, -0.2) is 35.3 Å². The van der Waals surface area contributed by atoms with Gasteiger partial charge in [0.2, 0.25) is 0 Å². The van der Waals surface area contributed by atoms with Crippen molar-refractivity contribution in [1.29, 1.82) is 0 Å². The molecule has 2 saturated carbocycles. The third-order valence-electron chi connectivity index (χ3n) is 7.15. The molecule has 3 aliphatic carbocycles. The molecule has 0 amide bonds. The highest BCUT2D eigenvalue weighted by Gasteiger charge is 2.59. The second kappa shape index (κ2) is 4.65. The van der Waals surface area contributed by atoms with Crippen LogP contribution >= 0.6 is 0 Å². The first-order chi connectivity index (χ1) is 10.4. The highest BCUT2D eigenvalue weighted by molar-refractivity contribution is 5.39. The van der Waals surface area contributed by atoms with Crippen molar-refractivity contribution in [2.75, 3.05) is 6.54 Å². The van der Waals surface area contributed by atoms with Crippen LogP contribution < -0.4 is 5.32 Å². The lowest BCUT2D eigenvalue weighted by Crippen LogP contribution is -2.53. The molecular weight excluding hydrogens is 281 g/mol. The van der Waals surface area contributed by atoms with E-state index >= 15 is 0 Å². The summed E-state index contributed by atoms with van der Waals surface area (Å²) < 4.78 is 14.2. The Morgan fingerprint density at radius 1 is 1.23 bits per heavy atom. The first kappa shape index (κ1) is 14.9. The van der Waals surface area contributed by atoms with E-state index in [0.29, 0.717) is 18.8 Å². The zero-order chi connectivity index (χ0) is 15.7. The monoisotopic (exact) mass is 307 g/mol. The van der Waals surface area contributed by atoms with Crippen LogP contribution in [0.15, 0.2) is 23.3 Å². The van der Waals surface area contributed by atoms with Gasteiger partial charge in [-0.2, -0.15) is 0 Å². The summed E-state index contributed by atoms with van der Waals surface area (Å²) in [5.74, 6) is 0.556. The van der Waals surface area contributed by atoms with Gasteiger partial charge in [-0.15, -0.1) is 0 Å². The standard InChI is InChI=1S/C18H26FNO2/c1-17-6-5-12-11(13(17)8-14(19)16(17)22)4-3-10-7-15(21)20-9-18(10,12)2/h3-4,12-16,20-22H,5-9H2,1-2H3/t12-,13+,14?,15?,16?,17+,18+/m1/s1. The third-order valence-corrected chi connectivity index (χ3v) is 7.15. The van der Waals surface area contributed by atoms with Crippen molar-refractivity contribution in [3.63, 3.8) is 0 Å². The number of fused-ring (bicyclic) bond motifs is 5. The molecule has 3 unspecified atom stereocenters. The molecule has 0 radical (unpaired) electrons. The maximum atomic E-state index is 14.2. The average molecular weight is 307 g/mol. The zero-order valence-electron chi connectivity index (χ0n) is 13.3. The maximum absolute atomic E-state index is 14.2. The summed E-state index contributed by atoms with van der Waals surface area (Å²) in [7, 11) is 0. The van der Waals surface area contributed by atoms with Crippen LogP contribution in [0.1, 0.15) is 39.5 Å². The Morgan fingerprint density at radius 2 is 2.00 bits per heavy atom. The van der Waals surface area contributed by atoms with Crippen molar-refractivity contribution >= 4 is 0 Å². The molecule has 3 fully saturated rings. The van der Waals surface area contributed by atoms with E-state index in [1.165, 1.54) is 11.1 Å². The van der Waals surface area contributed by atoms with Crippen molar-refractivity contribution in [2.24, 2.45) is 22.7 Å². The van der Waals surface area contributed by atoms with Crippen LogP contribution in [0, 0.1) is 22.7 Å². The number of rotatable bonds is 0. The van der Waals surface area contributed by atoms with Crippen LogP contribution in [0.4, 0.5) is 4.39 Å². The summed E-state index contributed by atoms with van der Waals surface area (Å²) in [6.07, 6.45) is 4.95. The molecular formula is C18H26FNO2. The van der Waals surface area contributed by atoms with E-state index in [-0.39, 0.29) is 16.7 Å². The van der Waals surface area contributed by atoms with E-state index in [2.05, 4.69) is 31.3 Å². The topological polar surface area (TPSA) is 52.5 Å². The molecule has 0 aromatic heterocycles. The van der Waals surface area contributed by atoms with Gasteiger partial charge in [-0.3, -0.25) is 5.32 Å². The van der Waals surface area contributed by atoms with Crippen LogP contribution in [0.5, 0.6) is 0 Å². The van der Waals surface area contributed by atoms with Gasteiger partial charge in [0, 0.05) is 23.8 Å². The van der Waals surface area contributed by atoms with E-state index in [1.807, 2.05) is 0 Å². The molecule has 4 heteroatoms. The Hall–Kier alpha value is -0.710. The lowest BCUT2D eigenvalue weighted by Gasteiger charge is -2.54. The van der Waals surface area contributed by atoms with Crippen LogP contribution in [-0.2, 0) is 0 Å². The largest absolute Gasteiger partial charge is 0.390 e. The molecule has 0 spiro atoms. The molecule has 4 aliphatic rings. The summed E-state index contributed by atoms with van der Waals surface area (Å²) in [4.78, 5) is 0. The van der Waals surface area contributed by atoms with Crippen molar-refractivity contribution in [3.05, 3.63) is 23.3 Å². The minimum atomic E-state index is -1.10. The Balaban J connectivity index is 1.74. The van der Waals surface area contributed by atoms with Gasteiger partial charge in [0.25, 0.3) is 0 Å². The first-order valence-electron chi connectivity index (χ1n) is 8.51. The van der Waals surface area contributed by atoms with Crippen molar-refractivity contribution in [3.8, 4) is 0 Å². The fourth-order valence-corrected chi connectivity index (χ4v) is 5.62. The average Bonchev–Trinajstić information content (AvgIpc) is 2.72. The summed E-state index contributed by atoms with van der Waals surface area (Å²) in [5.41, 5.74) is 2.35. The van der Waals surface area contributed by atoms with Gasteiger partial charge in [-0.05, 0) is 31.1 Å². The Morgan fingerprint density at radius 3 is 2.77 bits per heavy atom. The highest BCUT2D eigenvalue weighted by Crippen LogP contribution is 2.62. The smallest absolute Gasteiger partial charge is 0.127 e. The first-order valence-corrected chi connectivity index (χ1v) is 8.51. The van der Waals surface area contributed by atoms with Gasteiger partial charge >= 0.3 is 0 Å². The summed E-state index contributed by atoms with van der Waals surface area (Å²) >= 11 is 0. The molecule has 4 rings (SSSR count). The number of aliphatic hydroxyl groups is 2. The number of allylic oxidation sites excluding steroid dienone is 3. The predicted octanol–water partition coefficient (Wildman–Crippen LogP) is 2.31. The molecule has 3 nitrogen and oxygen atoms in total. The minimum absolute atomic E-state index is 0.0179. The Labute approximate surface area is 131 Å². The van der Waals surface area contributed by atoms with Gasteiger partial charge in [-0.25, -0.2) is 4.39 Å². The molecule has 1 heterocycles. The molecule has 122 valence electrons. The SMILES string of the molecule is C[C@]12CNC(O)CC1=CC=C1[C@H]2CC[C@]2(C)C(O)C(F)C[C@@H]12. The number of hydrogen-bond acceptors (Lipinski definition) is 3. The number of halogens is 1. The maximum Gasteiger partial charge on any atom is 0.127 e. The van der Waals surface area contributed by atoms with Gasteiger partial charge in [0.05, 0.1) is 6.10 Å². The number of alkyl halides is 1. The van der Waals surface area contributed by atoms with Gasteiger partial charge in [-0.1, -0.05) is 37.1 Å². The van der Waals surface area contributed by atoms with Crippen molar-refractivity contribution in [2.45, 2.75) is 58.0 Å². The predicted molar refractivity (Wildman–Crippen MR) is 82.7 cm³/mol. The molecule has 0 aromatic carbocycles. The second-order valence-electron chi connectivity index (χ2n) is 8.22. The van der Waals surface area contributed by atoms with Crippen LogP contribution in [0.2, 0.25) is 0 Å². The Bertz CT molecular complexity index is 559. The van der Waals surface area contributed by atoms with Crippen LogP contribution in [0.3, 0.4) is 0 Å². The number of hydrogen-bond donors (Lipinski definition) is 3. The van der Waals surface area contributed by atoms with E-state index in [0.717, 1.165) is 19.4 Å². The van der Waals surface area contributed by atoms with Gasteiger partial charge < -0.3 is 10.2 Å². The third kappa shape index (κ3) is 1.78. The zero-order valence-corrected chi connectivity index (χ0v) is 13.3. The fraction of sp³-hybridized carbons (Fsp3) is 0.778. The van der Waals surface area contributed by atoms with Crippen molar-refractivity contribution in [1.82, 2.24) is 5.32 Å². The van der Waals surface area contributed by atoms with E-state index in [1.54, 1.807) is 0 Å². The van der Waals surface area contributed by atoms with E-state index in [9.17, 15) is 14.6 Å². The summed E-state index contributed by atoms with van der Waals surface area (Å²) in [5, 5.41) is 23.4. The van der Waals surface area contributed by atoms with Crippen molar-refractivity contribution < 1.29 is 14.6 Å². The lowest BCUT2D eigenvalue weighted by atomic mass is 9.53. The number of nitrogens with one attached hydrogen (secondary N) is 1. The quantitative estimate of drug-likeness (QED) is 0.644. The second-order valence-corrected chi connectivity index (χ2v) is 8.22. The number of piperidine rings is 1. The number of aliphatic hydroxyl groups excluding tert-OH is 2. The molecule has 22 heavy (non-hydrogen) atoms. The summed E-state index contributed by atoms with van der Waals surface area (Å²) in [6, 6.07) is 0. The van der Waals surface area contributed by atoms with E-state index in [4.69, 9.17) is 0 Å². The van der Waals surface area contributed by atoms with Crippen LogP contribution in [0.25, 0.3) is 0 Å². The van der Waals surface area contributed by atoms with E-state index < -0.39 is 18.5 Å². The molecule has 0 aromatic rings. The molecule has 0 bridgehead atoms. The molecule has 3 N–H and O–H groups in total. The molecule has 7 atom stereocenters. The molecule has 1 aliphatic heterocycles. The summed E-state index contributed by atoms with van der Waals surface area (Å²) in [6.45, 7) is 5.10. The Kier molecular flexibility index (Phi) is 3.14. The van der Waals surface area contributed by atoms with Gasteiger partial charge in [0.15, 0.2) is 0 Å².